The molecule has 0 amide bonds. The number of ether oxygens (including phenoxy) is 1. The van der Waals surface area contributed by atoms with Crippen LogP contribution in [0.25, 0.3) is 0 Å². The standard InChI is InChI=1S/C18H17ClN2O3/c1-3-24-18(23)14-10(2)21-13-8-9-20-17(22)16(13)15(14)11-6-4-5-7-12(11)19/h4-9,15,21H,3H2,1-2H3,(H,20,22)/t15-/m1/s1. The van der Waals surface area contributed by atoms with Crippen LogP contribution < -0.4 is 10.9 Å². The van der Waals surface area contributed by atoms with Gasteiger partial charge in [-0.25, -0.2) is 4.79 Å². The molecule has 1 atom stereocenters. The highest BCUT2D eigenvalue weighted by molar-refractivity contribution is 6.31. The minimum absolute atomic E-state index is 0.253. The molecule has 0 fully saturated rings. The van der Waals surface area contributed by atoms with Gasteiger partial charge in [-0.15, -0.1) is 0 Å². The number of esters is 1. The van der Waals surface area contributed by atoms with E-state index in [9.17, 15) is 9.59 Å². The molecule has 1 aliphatic heterocycles. The van der Waals surface area contributed by atoms with E-state index in [0.29, 0.717) is 33.1 Å². The fraction of sp³-hybridized carbons (Fsp3) is 0.222. The number of H-pyrrole nitrogens is 1. The number of rotatable bonds is 3. The maximum Gasteiger partial charge on any atom is 0.336 e. The highest BCUT2D eigenvalue weighted by atomic mass is 35.5. The molecule has 3 rings (SSSR count). The summed E-state index contributed by atoms with van der Waals surface area (Å²) in [7, 11) is 0. The molecule has 0 saturated heterocycles. The smallest absolute Gasteiger partial charge is 0.336 e. The van der Waals surface area contributed by atoms with Gasteiger partial charge >= 0.3 is 5.97 Å². The van der Waals surface area contributed by atoms with E-state index in [4.69, 9.17) is 16.3 Å². The molecule has 2 aromatic rings. The third-order valence-electron chi connectivity index (χ3n) is 4.01. The van der Waals surface area contributed by atoms with Gasteiger partial charge in [0.15, 0.2) is 0 Å². The highest BCUT2D eigenvalue weighted by Gasteiger charge is 2.35. The fourth-order valence-corrected chi connectivity index (χ4v) is 3.26. The number of carbonyl (C=O) groups is 1. The Hall–Kier alpha value is -2.53. The van der Waals surface area contributed by atoms with Crippen LogP contribution in [0.1, 0.15) is 30.9 Å². The van der Waals surface area contributed by atoms with Gasteiger partial charge < -0.3 is 15.0 Å². The van der Waals surface area contributed by atoms with Crippen molar-refractivity contribution in [1.29, 1.82) is 0 Å². The lowest BCUT2D eigenvalue weighted by molar-refractivity contribution is -0.138. The zero-order valence-corrected chi connectivity index (χ0v) is 14.1. The predicted molar refractivity (Wildman–Crippen MR) is 93.3 cm³/mol. The largest absolute Gasteiger partial charge is 0.463 e. The topological polar surface area (TPSA) is 71.2 Å². The summed E-state index contributed by atoms with van der Waals surface area (Å²) in [6.45, 7) is 3.79. The molecule has 6 heteroatoms. The molecule has 2 N–H and O–H groups in total. The number of fused-ring (bicyclic) bond motifs is 1. The van der Waals surface area contributed by atoms with Crippen LogP contribution in [0.4, 0.5) is 5.69 Å². The summed E-state index contributed by atoms with van der Waals surface area (Å²) in [4.78, 5) is 27.7. The van der Waals surface area contributed by atoms with Gasteiger partial charge in [0.2, 0.25) is 0 Å². The lowest BCUT2D eigenvalue weighted by Gasteiger charge is -2.29. The number of carbonyl (C=O) groups excluding carboxylic acids is 1. The summed E-state index contributed by atoms with van der Waals surface area (Å²) in [5.41, 5.74) is 2.60. The first-order valence-electron chi connectivity index (χ1n) is 7.65. The minimum Gasteiger partial charge on any atom is -0.463 e. The molecule has 0 aliphatic carbocycles. The number of nitrogens with one attached hydrogen (secondary N) is 2. The quantitative estimate of drug-likeness (QED) is 0.837. The molecule has 0 bridgehead atoms. The van der Waals surface area contributed by atoms with Crippen molar-refractivity contribution < 1.29 is 9.53 Å². The average Bonchev–Trinajstić information content (AvgIpc) is 2.54. The SMILES string of the molecule is CCOC(=O)C1=C(C)Nc2cc[nH]c(=O)c2[C@@H]1c1ccccc1Cl. The summed E-state index contributed by atoms with van der Waals surface area (Å²) in [5.74, 6) is -1.04. The first kappa shape index (κ1) is 16.3. The van der Waals surface area contributed by atoms with Gasteiger partial charge in [0.1, 0.15) is 0 Å². The van der Waals surface area contributed by atoms with Crippen molar-refractivity contribution in [3.05, 3.63) is 74.3 Å². The Kier molecular flexibility index (Phi) is 4.44. The first-order valence-corrected chi connectivity index (χ1v) is 8.03. The minimum atomic E-state index is -0.584. The lowest BCUT2D eigenvalue weighted by atomic mass is 9.81. The van der Waals surface area contributed by atoms with Crippen molar-refractivity contribution in [2.75, 3.05) is 11.9 Å². The van der Waals surface area contributed by atoms with Crippen LogP contribution in [0.15, 0.2) is 52.6 Å². The van der Waals surface area contributed by atoms with Crippen molar-refractivity contribution in [3.63, 3.8) is 0 Å². The number of aromatic nitrogens is 1. The number of allylic oxidation sites excluding steroid dienone is 1. The zero-order chi connectivity index (χ0) is 17.3. The second-order valence-electron chi connectivity index (χ2n) is 5.47. The zero-order valence-electron chi connectivity index (χ0n) is 13.4. The Bertz CT molecular complexity index is 886. The Balaban J connectivity index is 2.29. The molecule has 5 nitrogen and oxygen atoms in total. The van der Waals surface area contributed by atoms with Gasteiger partial charge in [-0.1, -0.05) is 29.8 Å². The molecule has 0 saturated carbocycles. The second kappa shape index (κ2) is 6.53. The fourth-order valence-electron chi connectivity index (χ4n) is 3.02. The maximum absolute atomic E-state index is 12.5. The molecule has 124 valence electrons. The van der Waals surface area contributed by atoms with E-state index < -0.39 is 11.9 Å². The molecule has 1 aromatic heterocycles. The second-order valence-corrected chi connectivity index (χ2v) is 5.88. The average molecular weight is 345 g/mol. The number of hydrogen-bond acceptors (Lipinski definition) is 4. The van der Waals surface area contributed by atoms with E-state index in [0.717, 1.165) is 0 Å². The van der Waals surface area contributed by atoms with Crippen LogP contribution in [-0.2, 0) is 9.53 Å². The number of halogens is 1. The predicted octanol–water partition coefficient (Wildman–Crippen LogP) is 3.42. The Morgan fingerprint density at radius 1 is 1.29 bits per heavy atom. The van der Waals surface area contributed by atoms with Gasteiger partial charge in [0, 0.05) is 22.6 Å². The van der Waals surface area contributed by atoms with E-state index in [1.807, 2.05) is 18.2 Å². The van der Waals surface area contributed by atoms with Gasteiger partial charge in [-0.3, -0.25) is 4.79 Å². The Morgan fingerprint density at radius 2 is 2.04 bits per heavy atom. The van der Waals surface area contributed by atoms with Crippen molar-refractivity contribution >= 4 is 23.3 Å². The third-order valence-corrected chi connectivity index (χ3v) is 4.36. The number of pyridine rings is 1. The van der Waals surface area contributed by atoms with Crippen LogP contribution in [-0.4, -0.2) is 17.6 Å². The molecular weight excluding hydrogens is 328 g/mol. The normalized spacial score (nSPS) is 16.4. The van der Waals surface area contributed by atoms with Gasteiger partial charge in [-0.2, -0.15) is 0 Å². The molecule has 0 unspecified atom stereocenters. The Morgan fingerprint density at radius 3 is 2.75 bits per heavy atom. The maximum atomic E-state index is 12.5. The number of aromatic amines is 1. The Labute approximate surface area is 144 Å². The molecule has 2 heterocycles. The molecule has 1 aliphatic rings. The van der Waals surface area contributed by atoms with Gasteiger partial charge in [0.25, 0.3) is 5.56 Å². The van der Waals surface area contributed by atoms with Gasteiger partial charge in [-0.05, 0) is 31.5 Å². The van der Waals surface area contributed by atoms with E-state index in [1.165, 1.54) is 0 Å². The summed E-state index contributed by atoms with van der Waals surface area (Å²) in [5, 5.41) is 3.62. The molecular formula is C18H17ClN2O3. The van der Waals surface area contributed by atoms with E-state index in [1.54, 1.807) is 32.2 Å². The van der Waals surface area contributed by atoms with E-state index in [2.05, 4.69) is 10.3 Å². The van der Waals surface area contributed by atoms with Crippen molar-refractivity contribution in [2.45, 2.75) is 19.8 Å². The van der Waals surface area contributed by atoms with E-state index in [-0.39, 0.29) is 12.2 Å². The molecule has 1 aromatic carbocycles. The number of anilines is 1. The summed E-state index contributed by atoms with van der Waals surface area (Å²) < 4.78 is 5.21. The molecule has 24 heavy (non-hydrogen) atoms. The summed E-state index contributed by atoms with van der Waals surface area (Å²) in [6, 6.07) is 8.97. The van der Waals surface area contributed by atoms with Crippen molar-refractivity contribution in [1.82, 2.24) is 4.98 Å². The van der Waals surface area contributed by atoms with Crippen LogP contribution in [0.2, 0.25) is 5.02 Å². The monoisotopic (exact) mass is 344 g/mol. The number of benzene rings is 1. The van der Waals surface area contributed by atoms with Gasteiger partial charge in [0.05, 0.1) is 23.7 Å². The van der Waals surface area contributed by atoms with Crippen molar-refractivity contribution in [3.8, 4) is 0 Å². The molecule has 0 spiro atoms. The third kappa shape index (κ3) is 2.71. The van der Waals surface area contributed by atoms with Crippen LogP contribution >= 0.6 is 11.6 Å². The first-order chi connectivity index (χ1) is 11.5. The summed E-state index contributed by atoms with van der Waals surface area (Å²) >= 11 is 6.36. The van der Waals surface area contributed by atoms with Crippen LogP contribution in [0.5, 0.6) is 0 Å². The number of hydrogen-bond donors (Lipinski definition) is 2. The highest BCUT2D eigenvalue weighted by Crippen LogP contribution is 2.42. The molecule has 0 radical (unpaired) electrons. The lowest BCUT2D eigenvalue weighted by Crippen LogP contribution is -2.30. The van der Waals surface area contributed by atoms with Crippen LogP contribution in [0.3, 0.4) is 0 Å². The van der Waals surface area contributed by atoms with Crippen molar-refractivity contribution in [2.24, 2.45) is 0 Å². The summed E-state index contributed by atoms with van der Waals surface area (Å²) in [6.07, 6.45) is 1.57. The van der Waals surface area contributed by atoms with Crippen LogP contribution in [0, 0.1) is 0 Å². The van der Waals surface area contributed by atoms with E-state index >= 15 is 0 Å².